The van der Waals surface area contributed by atoms with Crippen LogP contribution in [0.5, 0.6) is 0 Å². The third-order valence-corrected chi connectivity index (χ3v) is 3.59. The van der Waals surface area contributed by atoms with Gasteiger partial charge in [-0.05, 0) is 37.5 Å². The number of aromatic nitrogens is 4. The number of nitrogens with one attached hydrogen (secondary N) is 1. The van der Waals surface area contributed by atoms with Crippen LogP contribution >= 0.6 is 0 Å². The van der Waals surface area contributed by atoms with Gasteiger partial charge in [0, 0.05) is 18.9 Å². The molecule has 1 aliphatic rings. The molecule has 6 nitrogen and oxygen atoms in total. The van der Waals surface area contributed by atoms with E-state index in [1.54, 1.807) is 12.4 Å². The molecule has 0 radical (unpaired) electrons. The van der Waals surface area contributed by atoms with Gasteiger partial charge in [-0.15, -0.1) is 0 Å². The molecular formula is C14H17N5O. The van der Waals surface area contributed by atoms with Crippen molar-refractivity contribution < 1.29 is 4.79 Å². The fraction of sp³-hybridized carbons (Fsp3) is 0.429. The Morgan fingerprint density at radius 1 is 1.45 bits per heavy atom. The first-order chi connectivity index (χ1) is 9.74. The highest BCUT2D eigenvalue weighted by Gasteiger charge is 2.32. The highest BCUT2D eigenvalue weighted by molar-refractivity contribution is 5.79. The number of carbonyl (C=O) groups excluding carboxylic acids is 1. The lowest BCUT2D eigenvalue weighted by molar-refractivity contribution is -0.131. The highest BCUT2D eigenvalue weighted by atomic mass is 16.2. The van der Waals surface area contributed by atoms with Crippen LogP contribution in [0, 0.1) is 6.92 Å². The predicted octanol–water partition coefficient (Wildman–Crippen LogP) is 1.41. The van der Waals surface area contributed by atoms with Crippen LogP contribution in [0.25, 0.3) is 0 Å². The molecule has 3 heterocycles. The molecule has 0 saturated carbocycles. The van der Waals surface area contributed by atoms with Crippen molar-refractivity contribution in [3.05, 3.63) is 41.7 Å². The monoisotopic (exact) mass is 271 g/mol. The van der Waals surface area contributed by atoms with Crippen LogP contribution in [0.4, 0.5) is 0 Å². The molecule has 1 N–H and O–H groups in total. The molecule has 104 valence electrons. The number of nitrogens with zero attached hydrogens (tertiary/aromatic N) is 4. The summed E-state index contributed by atoms with van der Waals surface area (Å²) in [6.07, 6.45) is 5.76. The van der Waals surface area contributed by atoms with E-state index in [0.717, 1.165) is 36.6 Å². The Balaban J connectivity index is 1.73. The van der Waals surface area contributed by atoms with Crippen LogP contribution in [0.1, 0.15) is 36.1 Å². The van der Waals surface area contributed by atoms with Crippen molar-refractivity contribution in [3.63, 3.8) is 0 Å². The smallest absolute Gasteiger partial charge is 0.227 e. The first-order valence-corrected chi connectivity index (χ1v) is 6.81. The van der Waals surface area contributed by atoms with Crippen molar-refractivity contribution >= 4 is 5.91 Å². The molecule has 1 fully saturated rings. The summed E-state index contributed by atoms with van der Waals surface area (Å²) in [6.45, 7) is 2.65. The van der Waals surface area contributed by atoms with Gasteiger partial charge in [-0.1, -0.05) is 0 Å². The summed E-state index contributed by atoms with van der Waals surface area (Å²) >= 11 is 0. The normalized spacial score (nSPS) is 18.4. The maximum atomic E-state index is 12.4. The third-order valence-electron chi connectivity index (χ3n) is 3.59. The highest BCUT2D eigenvalue weighted by Crippen LogP contribution is 2.30. The predicted molar refractivity (Wildman–Crippen MR) is 72.7 cm³/mol. The number of hydrogen-bond donors (Lipinski definition) is 1. The zero-order valence-electron chi connectivity index (χ0n) is 11.4. The number of pyridine rings is 1. The van der Waals surface area contributed by atoms with Gasteiger partial charge in [-0.2, -0.15) is 5.10 Å². The van der Waals surface area contributed by atoms with E-state index in [9.17, 15) is 4.79 Å². The molecule has 1 amide bonds. The molecule has 1 saturated heterocycles. The van der Waals surface area contributed by atoms with E-state index in [0.29, 0.717) is 6.42 Å². The molecule has 0 aliphatic carbocycles. The zero-order valence-corrected chi connectivity index (χ0v) is 11.4. The molecule has 0 bridgehead atoms. The Bertz CT molecular complexity index is 595. The van der Waals surface area contributed by atoms with E-state index < -0.39 is 0 Å². The van der Waals surface area contributed by atoms with Crippen LogP contribution in [0.3, 0.4) is 0 Å². The number of H-pyrrole nitrogens is 1. The van der Waals surface area contributed by atoms with Crippen molar-refractivity contribution in [1.82, 2.24) is 25.1 Å². The van der Waals surface area contributed by atoms with Crippen molar-refractivity contribution in [2.24, 2.45) is 0 Å². The van der Waals surface area contributed by atoms with Crippen LogP contribution in [-0.2, 0) is 11.2 Å². The van der Waals surface area contributed by atoms with E-state index in [-0.39, 0.29) is 11.9 Å². The van der Waals surface area contributed by atoms with Gasteiger partial charge in [0.25, 0.3) is 0 Å². The summed E-state index contributed by atoms with van der Waals surface area (Å²) in [6, 6.07) is 3.76. The van der Waals surface area contributed by atoms with Gasteiger partial charge in [0.05, 0.1) is 12.5 Å². The van der Waals surface area contributed by atoms with Gasteiger partial charge in [-0.25, -0.2) is 4.98 Å². The molecule has 0 spiro atoms. The molecule has 1 aliphatic heterocycles. The lowest BCUT2D eigenvalue weighted by Crippen LogP contribution is -2.32. The maximum absolute atomic E-state index is 12.4. The Morgan fingerprint density at radius 3 is 2.95 bits per heavy atom. The molecule has 2 aromatic rings. The molecule has 0 aromatic carbocycles. The topological polar surface area (TPSA) is 74.8 Å². The molecule has 0 unspecified atom stereocenters. The van der Waals surface area contributed by atoms with E-state index >= 15 is 0 Å². The lowest BCUT2D eigenvalue weighted by atomic mass is 10.1. The van der Waals surface area contributed by atoms with E-state index in [1.165, 1.54) is 0 Å². The van der Waals surface area contributed by atoms with Crippen LogP contribution < -0.4 is 0 Å². The average Bonchev–Trinajstić information content (AvgIpc) is 3.08. The van der Waals surface area contributed by atoms with Gasteiger partial charge in [-0.3, -0.25) is 14.9 Å². The van der Waals surface area contributed by atoms with E-state index in [4.69, 9.17) is 0 Å². The lowest BCUT2D eigenvalue weighted by Gasteiger charge is -2.22. The standard InChI is InChI=1S/C14H17N5O/c1-10-16-14(18-17-10)12-3-2-8-19(12)13(20)9-11-4-6-15-7-5-11/h4-7,12H,2-3,8-9H2,1H3,(H,16,17,18)/t12-/m0/s1. The number of carbonyl (C=O) groups is 1. The van der Waals surface area contributed by atoms with Crippen LogP contribution in [-0.4, -0.2) is 37.5 Å². The second kappa shape index (κ2) is 5.40. The second-order valence-electron chi connectivity index (χ2n) is 5.06. The largest absolute Gasteiger partial charge is 0.332 e. The second-order valence-corrected chi connectivity index (χ2v) is 5.06. The Morgan fingerprint density at radius 2 is 2.25 bits per heavy atom. The van der Waals surface area contributed by atoms with E-state index in [2.05, 4.69) is 20.2 Å². The summed E-state index contributed by atoms with van der Waals surface area (Å²) in [4.78, 5) is 22.7. The summed E-state index contributed by atoms with van der Waals surface area (Å²) in [5, 5.41) is 7.04. The summed E-state index contributed by atoms with van der Waals surface area (Å²) < 4.78 is 0. The van der Waals surface area contributed by atoms with Gasteiger partial charge in [0.1, 0.15) is 5.82 Å². The van der Waals surface area contributed by atoms with Gasteiger partial charge >= 0.3 is 0 Å². The zero-order chi connectivity index (χ0) is 13.9. The minimum atomic E-state index is 0.00860. The molecule has 1 atom stereocenters. The van der Waals surface area contributed by atoms with E-state index in [1.807, 2.05) is 24.0 Å². The van der Waals surface area contributed by atoms with Crippen LogP contribution in [0.2, 0.25) is 0 Å². The Labute approximate surface area is 117 Å². The van der Waals surface area contributed by atoms with Gasteiger partial charge in [0.2, 0.25) is 5.91 Å². The van der Waals surface area contributed by atoms with Crippen LogP contribution in [0.15, 0.2) is 24.5 Å². The maximum Gasteiger partial charge on any atom is 0.227 e. The molecule has 2 aromatic heterocycles. The minimum Gasteiger partial charge on any atom is -0.332 e. The fourth-order valence-corrected chi connectivity index (χ4v) is 2.62. The number of hydrogen-bond acceptors (Lipinski definition) is 4. The first kappa shape index (κ1) is 12.8. The van der Waals surface area contributed by atoms with Gasteiger partial charge < -0.3 is 4.90 Å². The molecule has 6 heteroatoms. The van der Waals surface area contributed by atoms with Crippen molar-refractivity contribution in [3.8, 4) is 0 Å². The summed E-state index contributed by atoms with van der Waals surface area (Å²) in [5.41, 5.74) is 0.988. The third kappa shape index (κ3) is 2.54. The number of amides is 1. The number of aryl methyl sites for hydroxylation is 1. The summed E-state index contributed by atoms with van der Waals surface area (Å²) in [5.74, 6) is 1.64. The molecule has 20 heavy (non-hydrogen) atoms. The summed E-state index contributed by atoms with van der Waals surface area (Å²) in [7, 11) is 0. The quantitative estimate of drug-likeness (QED) is 0.916. The van der Waals surface area contributed by atoms with Crippen molar-refractivity contribution in [2.45, 2.75) is 32.2 Å². The Kier molecular flexibility index (Phi) is 3.45. The SMILES string of the molecule is Cc1nc([C@@H]2CCCN2C(=O)Cc2ccncc2)n[nH]1. The first-order valence-electron chi connectivity index (χ1n) is 6.81. The fourth-order valence-electron chi connectivity index (χ4n) is 2.62. The van der Waals surface area contributed by atoms with Crippen molar-refractivity contribution in [2.75, 3.05) is 6.54 Å². The molecule has 3 rings (SSSR count). The number of likely N-dealkylation sites (tertiary alicyclic amines) is 1. The van der Waals surface area contributed by atoms with Crippen molar-refractivity contribution in [1.29, 1.82) is 0 Å². The van der Waals surface area contributed by atoms with Gasteiger partial charge in [0.15, 0.2) is 5.82 Å². The minimum absolute atomic E-state index is 0.00860. The molecular weight excluding hydrogens is 254 g/mol. The number of aromatic amines is 1. The number of rotatable bonds is 3. The Hall–Kier alpha value is -2.24. The average molecular weight is 271 g/mol.